The Labute approximate surface area is 114 Å². The maximum Gasteiger partial charge on any atom is 0.0984 e. The third-order valence-corrected chi connectivity index (χ3v) is 2.93. The van der Waals surface area contributed by atoms with E-state index in [2.05, 4.69) is 5.32 Å². The van der Waals surface area contributed by atoms with E-state index < -0.39 is 6.10 Å². The van der Waals surface area contributed by atoms with Crippen LogP contribution < -0.4 is 5.32 Å². The summed E-state index contributed by atoms with van der Waals surface area (Å²) >= 11 is 0. The molecule has 2 N–H and O–H groups in total. The number of halogens is 1. The second-order valence-electron chi connectivity index (χ2n) is 4.03. The van der Waals surface area contributed by atoms with Gasteiger partial charge in [0.2, 0.25) is 0 Å². The summed E-state index contributed by atoms with van der Waals surface area (Å²) in [6.07, 6.45) is -0.538. The Hall–Kier alpha value is -1.35. The molecule has 2 aromatic rings. The lowest BCUT2D eigenvalue weighted by atomic mass is 9.96. The van der Waals surface area contributed by atoms with Gasteiger partial charge in [0.1, 0.15) is 0 Å². The van der Waals surface area contributed by atoms with Gasteiger partial charge in [-0.2, -0.15) is 0 Å². The Balaban J connectivity index is 0.00000162. The highest BCUT2D eigenvalue weighted by atomic mass is 35.5. The van der Waals surface area contributed by atoms with Gasteiger partial charge in [-0.05, 0) is 18.2 Å². The van der Waals surface area contributed by atoms with Crippen molar-refractivity contribution < 1.29 is 5.11 Å². The molecular formula is C15H18ClNO. The molecule has 0 aromatic heterocycles. The van der Waals surface area contributed by atoms with E-state index in [-0.39, 0.29) is 18.4 Å². The van der Waals surface area contributed by atoms with Crippen LogP contribution in [-0.4, -0.2) is 12.2 Å². The topological polar surface area (TPSA) is 32.3 Å². The van der Waals surface area contributed by atoms with Crippen molar-refractivity contribution in [3.05, 3.63) is 71.8 Å². The normalized spacial score (nSPS) is 13.4. The van der Waals surface area contributed by atoms with E-state index in [9.17, 15) is 5.11 Å². The van der Waals surface area contributed by atoms with Gasteiger partial charge in [0.05, 0.1) is 12.1 Å². The first kappa shape index (κ1) is 14.7. The van der Waals surface area contributed by atoms with Crippen LogP contribution in [0, 0.1) is 0 Å². The molecule has 3 heteroatoms. The predicted octanol–water partition coefficient (Wildman–Crippen LogP) is 3.10. The fraction of sp³-hybridized carbons (Fsp3) is 0.200. The molecule has 2 aromatic carbocycles. The van der Waals surface area contributed by atoms with Gasteiger partial charge in [0.15, 0.2) is 0 Å². The van der Waals surface area contributed by atoms with Crippen LogP contribution in [0.4, 0.5) is 0 Å². The average molecular weight is 264 g/mol. The molecule has 0 unspecified atom stereocenters. The zero-order valence-electron chi connectivity index (χ0n) is 10.3. The van der Waals surface area contributed by atoms with E-state index in [1.165, 1.54) is 0 Å². The first-order chi connectivity index (χ1) is 8.33. The van der Waals surface area contributed by atoms with Crippen molar-refractivity contribution in [3.8, 4) is 0 Å². The van der Waals surface area contributed by atoms with Gasteiger partial charge in [-0.1, -0.05) is 60.7 Å². The summed E-state index contributed by atoms with van der Waals surface area (Å²) in [5.74, 6) is 0. The van der Waals surface area contributed by atoms with Gasteiger partial charge in [-0.25, -0.2) is 0 Å². The Morgan fingerprint density at radius 3 is 1.72 bits per heavy atom. The van der Waals surface area contributed by atoms with Crippen LogP contribution in [-0.2, 0) is 0 Å². The summed E-state index contributed by atoms with van der Waals surface area (Å²) in [5.41, 5.74) is 2.02. The monoisotopic (exact) mass is 263 g/mol. The highest BCUT2D eigenvalue weighted by Gasteiger charge is 2.20. The third kappa shape index (κ3) is 3.33. The summed E-state index contributed by atoms with van der Waals surface area (Å²) in [7, 11) is 1.86. The zero-order valence-corrected chi connectivity index (χ0v) is 11.1. The van der Waals surface area contributed by atoms with Crippen LogP contribution >= 0.6 is 12.4 Å². The van der Waals surface area contributed by atoms with Crippen LogP contribution in [0.3, 0.4) is 0 Å². The van der Waals surface area contributed by atoms with Gasteiger partial charge in [-0.15, -0.1) is 12.4 Å². The summed E-state index contributed by atoms with van der Waals surface area (Å²) in [5, 5.41) is 13.5. The average Bonchev–Trinajstić information content (AvgIpc) is 2.42. The number of aliphatic hydroxyl groups is 1. The van der Waals surface area contributed by atoms with Gasteiger partial charge in [0.25, 0.3) is 0 Å². The summed E-state index contributed by atoms with van der Waals surface area (Å²) in [6, 6.07) is 19.6. The summed E-state index contributed by atoms with van der Waals surface area (Å²) in [6.45, 7) is 0. The maximum absolute atomic E-state index is 10.4. The van der Waals surface area contributed by atoms with Crippen molar-refractivity contribution in [2.45, 2.75) is 12.1 Å². The number of rotatable bonds is 4. The molecule has 0 fully saturated rings. The van der Waals surface area contributed by atoms with Crippen LogP contribution in [0.1, 0.15) is 23.3 Å². The molecule has 96 valence electrons. The fourth-order valence-electron chi connectivity index (χ4n) is 2.01. The predicted molar refractivity (Wildman–Crippen MR) is 76.9 cm³/mol. The second kappa shape index (κ2) is 7.17. The van der Waals surface area contributed by atoms with Crippen LogP contribution in [0.25, 0.3) is 0 Å². The quantitative estimate of drug-likeness (QED) is 0.888. The maximum atomic E-state index is 10.4. The largest absolute Gasteiger partial charge is 0.386 e. The van der Waals surface area contributed by atoms with Crippen molar-refractivity contribution in [2.24, 2.45) is 0 Å². The second-order valence-corrected chi connectivity index (χ2v) is 4.03. The van der Waals surface area contributed by atoms with E-state index >= 15 is 0 Å². The van der Waals surface area contributed by atoms with E-state index in [0.29, 0.717) is 0 Å². The smallest absolute Gasteiger partial charge is 0.0984 e. The molecule has 0 saturated carbocycles. The number of aliphatic hydroxyl groups excluding tert-OH is 1. The minimum Gasteiger partial charge on any atom is -0.386 e. The lowest BCUT2D eigenvalue weighted by Gasteiger charge is -2.23. The minimum absolute atomic E-state index is 0. The lowest BCUT2D eigenvalue weighted by Crippen LogP contribution is -2.23. The lowest BCUT2D eigenvalue weighted by molar-refractivity contribution is 0.133. The molecule has 0 saturated heterocycles. The number of benzene rings is 2. The van der Waals surface area contributed by atoms with Crippen molar-refractivity contribution in [1.82, 2.24) is 5.32 Å². The highest BCUT2D eigenvalue weighted by molar-refractivity contribution is 5.85. The molecule has 18 heavy (non-hydrogen) atoms. The van der Waals surface area contributed by atoms with Crippen LogP contribution in [0.5, 0.6) is 0 Å². The van der Waals surface area contributed by atoms with E-state index in [4.69, 9.17) is 0 Å². The van der Waals surface area contributed by atoms with Crippen molar-refractivity contribution in [1.29, 1.82) is 0 Å². The highest BCUT2D eigenvalue weighted by Crippen LogP contribution is 2.27. The molecule has 2 rings (SSSR count). The van der Waals surface area contributed by atoms with Crippen LogP contribution in [0.15, 0.2) is 60.7 Å². The Morgan fingerprint density at radius 2 is 1.28 bits per heavy atom. The molecule has 2 nitrogen and oxygen atoms in total. The fourth-order valence-corrected chi connectivity index (χ4v) is 2.01. The number of nitrogens with one attached hydrogen (secondary N) is 1. The molecule has 0 amide bonds. The van der Waals surface area contributed by atoms with E-state index in [1.807, 2.05) is 67.7 Å². The summed E-state index contributed by atoms with van der Waals surface area (Å²) < 4.78 is 0. The van der Waals surface area contributed by atoms with E-state index in [1.54, 1.807) is 0 Å². The van der Waals surface area contributed by atoms with Gasteiger partial charge in [-0.3, -0.25) is 0 Å². The SMILES string of the molecule is CN[C@@H](c1ccccc1)[C@H](O)c1ccccc1.Cl. The number of hydrogen-bond acceptors (Lipinski definition) is 2. The number of likely N-dealkylation sites (N-methyl/N-ethyl adjacent to an activating group) is 1. The van der Waals surface area contributed by atoms with Crippen LogP contribution in [0.2, 0.25) is 0 Å². The standard InChI is InChI=1S/C15H17NO.ClH/c1-16-14(12-8-4-2-5-9-12)15(17)13-10-6-3-7-11-13;/h2-11,14-17H,1H3;1H/t14-,15+;/m0./s1. The molecule has 0 aliphatic heterocycles. The zero-order chi connectivity index (χ0) is 12.1. The summed E-state index contributed by atoms with van der Waals surface area (Å²) in [4.78, 5) is 0. The molecule has 0 bridgehead atoms. The molecule has 0 radical (unpaired) electrons. The van der Waals surface area contributed by atoms with Crippen molar-refractivity contribution in [3.63, 3.8) is 0 Å². The molecular weight excluding hydrogens is 246 g/mol. The minimum atomic E-state index is -0.538. The van der Waals surface area contributed by atoms with Gasteiger partial charge >= 0.3 is 0 Å². The first-order valence-corrected chi connectivity index (χ1v) is 5.78. The first-order valence-electron chi connectivity index (χ1n) is 5.78. The van der Waals surface area contributed by atoms with Gasteiger partial charge < -0.3 is 10.4 Å². The molecule has 0 spiro atoms. The third-order valence-electron chi connectivity index (χ3n) is 2.93. The molecule has 2 atom stereocenters. The Bertz CT molecular complexity index is 447. The Morgan fingerprint density at radius 1 is 0.833 bits per heavy atom. The van der Waals surface area contributed by atoms with Crippen molar-refractivity contribution >= 4 is 12.4 Å². The van der Waals surface area contributed by atoms with E-state index in [0.717, 1.165) is 11.1 Å². The number of hydrogen-bond donors (Lipinski definition) is 2. The molecule has 0 heterocycles. The molecule has 0 aliphatic carbocycles. The van der Waals surface area contributed by atoms with Crippen molar-refractivity contribution in [2.75, 3.05) is 7.05 Å². The Kier molecular flexibility index (Phi) is 5.86. The molecule has 0 aliphatic rings. The van der Waals surface area contributed by atoms with Gasteiger partial charge in [0, 0.05) is 0 Å².